The van der Waals surface area contributed by atoms with E-state index in [2.05, 4.69) is 5.10 Å². The summed E-state index contributed by atoms with van der Waals surface area (Å²) in [6.45, 7) is 0. The average Bonchev–Trinajstić information content (AvgIpc) is 2.69. The highest BCUT2D eigenvalue weighted by Gasteiger charge is 2.12. The fraction of sp³-hybridized carbons (Fsp3) is 0.250. The number of aromatic nitrogens is 2. The van der Waals surface area contributed by atoms with Crippen molar-refractivity contribution in [2.24, 2.45) is 12.8 Å². The molecule has 1 heterocycles. The van der Waals surface area contributed by atoms with Gasteiger partial charge in [-0.25, -0.2) is 4.39 Å². The number of hydrogen-bond donors (Lipinski definition) is 1. The van der Waals surface area contributed by atoms with E-state index in [9.17, 15) is 4.39 Å². The van der Waals surface area contributed by atoms with Gasteiger partial charge in [-0.05, 0) is 24.1 Å². The molecule has 0 fully saturated rings. The predicted molar refractivity (Wildman–Crippen MR) is 65.3 cm³/mol. The van der Waals surface area contributed by atoms with Crippen LogP contribution in [0.25, 0.3) is 0 Å². The number of halogens is 2. The summed E-state index contributed by atoms with van der Waals surface area (Å²) < 4.78 is 15.2. The van der Waals surface area contributed by atoms with Crippen LogP contribution in [0.15, 0.2) is 30.6 Å². The second-order valence-corrected chi connectivity index (χ2v) is 4.43. The minimum atomic E-state index is -0.322. The van der Waals surface area contributed by atoms with Gasteiger partial charge in [-0.3, -0.25) is 4.68 Å². The minimum absolute atomic E-state index is 0.264. The van der Waals surface area contributed by atoms with E-state index in [1.807, 2.05) is 13.2 Å². The van der Waals surface area contributed by atoms with Crippen LogP contribution in [0, 0.1) is 5.82 Å². The number of nitrogens with two attached hydrogens (primary N) is 1. The lowest BCUT2D eigenvalue weighted by Crippen LogP contribution is -2.13. The van der Waals surface area contributed by atoms with Crippen LogP contribution in [0.3, 0.4) is 0 Å². The Bertz CT molecular complexity index is 524. The van der Waals surface area contributed by atoms with Crippen molar-refractivity contribution in [2.45, 2.75) is 12.5 Å². The zero-order valence-electron chi connectivity index (χ0n) is 9.40. The van der Waals surface area contributed by atoms with Crippen molar-refractivity contribution in [1.82, 2.24) is 9.78 Å². The quantitative estimate of drug-likeness (QED) is 0.913. The molecule has 0 amide bonds. The molecule has 0 aliphatic rings. The molecule has 0 spiro atoms. The molecule has 90 valence electrons. The molecule has 0 radical (unpaired) electrons. The molecule has 1 aromatic carbocycles. The monoisotopic (exact) mass is 253 g/mol. The molecule has 1 aromatic heterocycles. The van der Waals surface area contributed by atoms with Crippen molar-refractivity contribution in [2.75, 3.05) is 0 Å². The molecule has 2 N–H and O–H groups in total. The topological polar surface area (TPSA) is 43.8 Å². The summed E-state index contributed by atoms with van der Waals surface area (Å²) >= 11 is 5.69. The first-order valence-electron chi connectivity index (χ1n) is 5.24. The molecule has 5 heteroatoms. The van der Waals surface area contributed by atoms with Gasteiger partial charge >= 0.3 is 0 Å². The fourth-order valence-corrected chi connectivity index (χ4v) is 1.83. The highest BCUT2D eigenvalue weighted by atomic mass is 35.5. The molecular weight excluding hydrogens is 241 g/mol. The van der Waals surface area contributed by atoms with Crippen LogP contribution in [0.4, 0.5) is 4.39 Å². The maximum absolute atomic E-state index is 13.6. The Morgan fingerprint density at radius 2 is 2.29 bits per heavy atom. The fourth-order valence-electron chi connectivity index (χ4n) is 1.67. The minimum Gasteiger partial charge on any atom is -0.324 e. The first-order valence-corrected chi connectivity index (χ1v) is 5.62. The van der Waals surface area contributed by atoms with Crippen LogP contribution >= 0.6 is 11.6 Å². The largest absolute Gasteiger partial charge is 0.324 e. The zero-order valence-corrected chi connectivity index (χ0v) is 10.2. The first-order chi connectivity index (χ1) is 8.06. The molecule has 0 aliphatic heterocycles. The van der Waals surface area contributed by atoms with Crippen molar-refractivity contribution in [3.8, 4) is 0 Å². The van der Waals surface area contributed by atoms with Crippen LogP contribution in [0.2, 0.25) is 5.02 Å². The van der Waals surface area contributed by atoms with Gasteiger partial charge < -0.3 is 5.73 Å². The number of benzene rings is 1. The maximum atomic E-state index is 13.6. The van der Waals surface area contributed by atoms with E-state index in [0.717, 1.165) is 5.56 Å². The van der Waals surface area contributed by atoms with Gasteiger partial charge in [0.1, 0.15) is 5.82 Å². The molecule has 3 nitrogen and oxygen atoms in total. The molecule has 0 saturated heterocycles. The van der Waals surface area contributed by atoms with Crippen LogP contribution in [-0.2, 0) is 13.5 Å². The van der Waals surface area contributed by atoms with Crippen LogP contribution in [0.1, 0.15) is 17.2 Å². The maximum Gasteiger partial charge on any atom is 0.127 e. The van der Waals surface area contributed by atoms with Crippen molar-refractivity contribution in [1.29, 1.82) is 0 Å². The van der Waals surface area contributed by atoms with Crippen LogP contribution in [0.5, 0.6) is 0 Å². The Labute approximate surface area is 104 Å². The normalized spacial score (nSPS) is 12.7. The molecule has 1 atom stereocenters. The zero-order chi connectivity index (χ0) is 12.4. The number of hydrogen-bond acceptors (Lipinski definition) is 2. The van der Waals surface area contributed by atoms with E-state index in [1.165, 1.54) is 6.07 Å². The molecule has 2 aromatic rings. The summed E-state index contributed by atoms with van der Waals surface area (Å²) in [4.78, 5) is 0. The molecule has 2 rings (SSSR count). The summed E-state index contributed by atoms with van der Waals surface area (Å²) in [5.74, 6) is -0.322. The first kappa shape index (κ1) is 12.1. The summed E-state index contributed by atoms with van der Waals surface area (Å²) in [7, 11) is 1.82. The SMILES string of the molecule is Cn1cc(C(N)Cc2ccc(Cl)cc2F)cn1. The van der Waals surface area contributed by atoms with Gasteiger partial charge in [-0.2, -0.15) is 5.10 Å². The Kier molecular flexibility index (Phi) is 3.45. The van der Waals surface area contributed by atoms with Crippen LogP contribution < -0.4 is 5.73 Å². The lowest BCUT2D eigenvalue weighted by atomic mass is 10.0. The highest BCUT2D eigenvalue weighted by molar-refractivity contribution is 6.30. The van der Waals surface area contributed by atoms with E-state index >= 15 is 0 Å². The lowest BCUT2D eigenvalue weighted by Gasteiger charge is -2.10. The Balaban J connectivity index is 2.15. The van der Waals surface area contributed by atoms with Crippen molar-refractivity contribution in [3.05, 3.63) is 52.6 Å². The Morgan fingerprint density at radius 1 is 1.53 bits per heavy atom. The summed E-state index contributed by atoms with van der Waals surface area (Å²) in [6.07, 6.45) is 3.95. The van der Waals surface area contributed by atoms with Gasteiger partial charge in [-0.15, -0.1) is 0 Å². The Morgan fingerprint density at radius 3 is 2.88 bits per heavy atom. The Hall–Kier alpha value is -1.39. The van der Waals surface area contributed by atoms with Crippen molar-refractivity contribution in [3.63, 3.8) is 0 Å². The predicted octanol–water partition coefficient (Wildman–Crippen LogP) is 2.46. The smallest absolute Gasteiger partial charge is 0.127 e. The third kappa shape index (κ3) is 2.84. The van der Waals surface area contributed by atoms with Crippen LogP contribution in [-0.4, -0.2) is 9.78 Å². The summed E-state index contributed by atoms with van der Waals surface area (Å²) in [5, 5.41) is 4.43. The molecule has 0 aliphatic carbocycles. The second-order valence-electron chi connectivity index (χ2n) is 3.99. The second kappa shape index (κ2) is 4.85. The van der Waals surface area contributed by atoms with Gasteiger partial charge in [0.2, 0.25) is 0 Å². The number of aryl methyl sites for hydroxylation is 1. The van der Waals surface area contributed by atoms with Crippen molar-refractivity contribution >= 4 is 11.6 Å². The van der Waals surface area contributed by atoms with Gasteiger partial charge in [0.05, 0.1) is 6.20 Å². The molecular formula is C12H13ClFN3. The average molecular weight is 254 g/mol. The third-order valence-electron chi connectivity index (χ3n) is 2.61. The van der Waals surface area contributed by atoms with Gasteiger partial charge in [0.25, 0.3) is 0 Å². The van der Waals surface area contributed by atoms with Gasteiger partial charge in [-0.1, -0.05) is 17.7 Å². The molecule has 17 heavy (non-hydrogen) atoms. The van der Waals surface area contributed by atoms with E-state index in [4.69, 9.17) is 17.3 Å². The highest BCUT2D eigenvalue weighted by Crippen LogP contribution is 2.20. The molecule has 1 unspecified atom stereocenters. The standard InChI is InChI=1S/C12H13ClFN3/c1-17-7-9(6-16-17)12(15)4-8-2-3-10(13)5-11(8)14/h2-3,5-7,12H,4,15H2,1H3. The lowest BCUT2D eigenvalue weighted by molar-refractivity contribution is 0.593. The van der Waals surface area contributed by atoms with Gasteiger partial charge in [0.15, 0.2) is 0 Å². The molecule has 0 bridgehead atoms. The summed E-state index contributed by atoms with van der Waals surface area (Å²) in [6, 6.07) is 4.36. The van der Waals surface area contributed by atoms with Gasteiger partial charge in [0, 0.05) is 29.9 Å². The number of rotatable bonds is 3. The van der Waals surface area contributed by atoms with E-state index in [-0.39, 0.29) is 11.9 Å². The van der Waals surface area contributed by atoms with Crippen molar-refractivity contribution < 1.29 is 4.39 Å². The molecule has 0 saturated carbocycles. The van der Waals surface area contributed by atoms with E-state index in [0.29, 0.717) is 17.0 Å². The number of nitrogens with zero attached hydrogens (tertiary/aromatic N) is 2. The van der Waals surface area contributed by atoms with E-state index in [1.54, 1.807) is 23.0 Å². The summed E-state index contributed by atoms with van der Waals surface area (Å²) in [5.41, 5.74) is 7.45. The third-order valence-corrected chi connectivity index (χ3v) is 2.84. The van der Waals surface area contributed by atoms with E-state index < -0.39 is 0 Å².